The zero-order valence-electron chi connectivity index (χ0n) is 19.0. The molecule has 0 bridgehead atoms. The molecule has 10 heteroatoms. The van der Waals surface area contributed by atoms with Gasteiger partial charge in [-0.3, -0.25) is 4.90 Å². The molecule has 0 saturated heterocycles. The van der Waals surface area contributed by atoms with E-state index in [9.17, 15) is 23.6 Å². The fourth-order valence-electron chi connectivity index (χ4n) is 3.70. The predicted molar refractivity (Wildman–Crippen MR) is 123 cm³/mol. The van der Waals surface area contributed by atoms with Crippen LogP contribution >= 0.6 is 11.8 Å². The van der Waals surface area contributed by atoms with Gasteiger partial charge in [0.15, 0.2) is 0 Å². The number of esters is 1. The minimum atomic E-state index is -2.80. The van der Waals surface area contributed by atoms with E-state index in [0.717, 1.165) is 11.8 Å². The summed E-state index contributed by atoms with van der Waals surface area (Å²) in [6.07, 6.45) is -2.80. The van der Waals surface area contributed by atoms with Crippen molar-refractivity contribution in [3.63, 3.8) is 0 Å². The van der Waals surface area contributed by atoms with E-state index in [2.05, 4.69) is 10.3 Å². The summed E-state index contributed by atoms with van der Waals surface area (Å²) in [4.78, 5) is 31.4. The van der Waals surface area contributed by atoms with Gasteiger partial charge in [0.05, 0.1) is 23.8 Å². The van der Waals surface area contributed by atoms with E-state index >= 15 is 0 Å². The first-order valence-electron chi connectivity index (χ1n) is 10.7. The number of benzene rings is 1. The van der Waals surface area contributed by atoms with Crippen molar-refractivity contribution >= 4 is 23.8 Å². The van der Waals surface area contributed by atoms with Crippen LogP contribution in [0.15, 0.2) is 52.7 Å². The predicted octanol–water partition coefficient (Wildman–Crippen LogP) is 4.90. The van der Waals surface area contributed by atoms with Crippen LogP contribution in [0, 0.1) is 18.3 Å². The Morgan fingerprint density at radius 3 is 2.62 bits per heavy atom. The van der Waals surface area contributed by atoms with Crippen molar-refractivity contribution in [3.05, 3.63) is 70.1 Å². The number of carbonyl (C=O) groups excluding carboxylic acids is 2. The van der Waals surface area contributed by atoms with Crippen molar-refractivity contribution < 1.29 is 23.1 Å². The van der Waals surface area contributed by atoms with Crippen LogP contribution < -0.4 is 5.32 Å². The van der Waals surface area contributed by atoms with E-state index in [1.54, 1.807) is 45.0 Å². The highest BCUT2D eigenvalue weighted by Crippen LogP contribution is 2.35. The molecule has 0 radical (unpaired) electrons. The van der Waals surface area contributed by atoms with Gasteiger partial charge in [0.2, 0.25) is 0 Å². The molecule has 34 heavy (non-hydrogen) atoms. The van der Waals surface area contributed by atoms with Gasteiger partial charge in [-0.25, -0.2) is 23.4 Å². The van der Waals surface area contributed by atoms with E-state index < -0.39 is 30.2 Å². The fourth-order valence-corrected chi connectivity index (χ4v) is 4.80. The number of nitriles is 1. The van der Waals surface area contributed by atoms with Crippen LogP contribution in [0.5, 0.6) is 0 Å². The van der Waals surface area contributed by atoms with E-state index in [1.165, 1.54) is 11.0 Å². The molecule has 0 spiro atoms. The molecule has 0 fully saturated rings. The first-order valence-corrected chi connectivity index (χ1v) is 11.7. The molecule has 1 atom stereocenters. The number of carbonyl (C=O) groups is 2. The third-order valence-electron chi connectivity index (χ3n) is 5.27. The average molecular weight is 487 g/mol. The van der Waals surface area contributed by atoms with E-state index in [1.807, 2.05) is 12.1 Å². The quantitative estimate of drug-likeness (QED) is 0.421. The number of nitrogens with zero attached hydrogens (tertiary/aromatic N) is 3. The Morgan fingerprint density at radius 2 is 2.03 bits per heavy atom. The molecule has 0 saturated carbocycles. The fraction of sp³-hybridized carbons (Fsp3) is 0.333. The average Bonchev–Trinajstić information content (AvgIpc) is 2.82. The van der Waals surface area contributed by atoms with Crippen LogP contribution in [-0.2, 0) is 9.53 Å². The number of aryl methyl sites for hydroxylation is 1. The van der Waals surface area contributed by atoms with Crippen LogP contribution in [0.1, 0.15) is 48.7 Å². The molecule has 1 aromatic carbocycles. The lowest BCUT2D eigenvalue weighted by atomic mass is 9.95. The third kappa shape index (κ3) is 5.20. The minimum Gasteiger partial charge on any atom is -0.463 e. The van der Waals surface area contributed by atoms with Gasteiger partial charge in [-0.05, 0) is 38.0 Å². The number of nitrogens with one attached hydrogen (secondary N) is 1. The summed E-state index contributed by atoms with van der Waals surface area (Å²) in [6.45, 7) is 5.42. The Bertz CT molecular complexity index is 1150. The first kappa shape index (κ1) is 25.2. The second-order valence-electron chi connectivity index (χ2n) is 7.36. The van der Waals surface area contributed by atoms with Crippen molar-refractivity contribution in [1.82, 2.24) is 15.2 Å². The molecule has 2 aromatic rings. The number of urea groups is 1. The summed E-state index contributed by atoms with van der Waals surface area (Å²) in [6, 6.07) is 11.1. The highest BCUT2D eigenvalue weighted by molar-refractivity contribution is 7.99. The topological polar surface area (TPSA) is 95.3 Å². The van der Waals surface area contributed by atoms with Crippen LogP contribution in [0.4, 0.5) is 13.6 Å². The number of hydrogen-bond donors (Lipinski definition) is 1. The second-order valence-corrected chi connectivity index (χ2v) is 8.33. The number of pyridine rings is 1. The Morgan fingerprint density at radius 1 is 1.32 bits per heavy atom. The summed E-state index contributed by atoms with van der Waals surface area (Å²) < 4.78 is 32.0. The van der Waals surface area contributed by atoms with E-state index in [0.29, 0.717) is 16.8 Å². The second kappa shape index (κ2) is 11.1. The molecule has 0 aliphatic carbocycles. The number of hydrogen-bond acceptors (Lipinski definition) is 6. The lowest BCUT2D eigenvalue weighted by molar-refractivity contribution is -0.139. The SMILES string of the molecule is CCOC(=O)C1=C(CSc2nc(C(F)F)cc(C)c2C#N)N(CC)C(=O)N[C@H]1c1ccccc1. The number of ether oxygens (including phenoxy) is 1. The van der Waals surface area contributed by atoms with E-state index in [4.69, 9.17) is 4.74 Å². The molecule has 1 N–H and O–H groups in total. The van der Waals surface area contributed by atoms with Crippen molar-refractivity contribution in [1.29, 1.82) is 5.26 Å². The highest BCUT2D eigenvalue weighted by atomic mass is 32.2. The molecule has 1 aliphatic rings. The molecule has 178 valence electrons. The number of halogens is 2. The van der Waals surface area contributed by atoms with Gasteiger partial charge >= 0.3 is 12.0 Å². The molecular weight excluding hydrogens is 462 g/mol. The Labute approximate surface area is 200 Å². The smallest absolute Gasteiger partial charge is 0.338 e. The zero-order chi connectivity index (χ0) is 24.8. The summed E-state index contributed by atoms with van der Waals surface area (Å²) in [5.41, 5.74) is 1.45. The maximum atomic E-state index is 13.3. The molecule has 3 rings (SSSR count). The summed E-state index contributed by atoms with van der Waals surface area (Å²) in [7, 11) is 0. The van der Waals surface area contributed by atoms with Crippen molar-refractivity contribution in [3.8, 4) is 6.07 Å². The zero-order valence-corrected chi connectivity index (χ0v) is 19.8. The number of rotatable bonds is 8. The number of aromatic nitrogens is 1. The lowest BCUT2D eigenvalue weighted by Gasteiger charge is -2.36. The lowest BCUT2D eigenvalue weighted by Crippen LogP contribution is -2.49. The number of alkyl halides is 2. The van der Waals surface area contributed by atoms with Crippen molar-refractivity contribution in [2.24, 2.45) is 0 Å². The first-order chi connectivity index (χ1) is 16.3. The number of thioether (sulfide) groups is 1. The van der Waals surface area contributed by atoms with Gasteiger partial charge < -0.3 is 10.1 Å². The molecule has 2 amide bonds. The van der Waals surface area contributed by atoms with Crippen molar-refractivity contribution in [2.75, 3.05) is 18.9 Å². The molecule has 1 aliphatic heterocycles. The van der Waals surface area contributed by atoms with Crippen LogP contribution in [-0.4, -0.2) is 40.8 Å². The summed E-state index contributed by atoms with van der Waals surface area (Å²) >= 11 is 1.03. The normalized spacial score (nSPS) is 15.9. The molecule has 1 aromatic heterocycles. The molecular formula is C24H24F2N4O3S. The van der Waals surface area contributed by atoms with Crippen LogP contribution in [0.3, 0.4) is 0 Å². The van der Waals surface area contributed by atoms with E-state index in [-0.39, 0.29) is 35.1 Å². The van der Waals surface area contributed by atoms with Crippen molar-refractivity contribution in [2.45, 2.75) is 38.3 Å². The van der Waals surface area contributed by atoms with Gasteiger partial charge in [0.1, 0.15) is 16.8 Å². The van der Waals surface area contributed by atoms with Crippen LogP contribution in [0.2, 0.25) is 0 Å². The van der Waals surface area contributed by atoms with Crippen LogP contribution in [0.25, 0.3) is 0 Å². The van der Waals surface area contributed by atoms with Gasteiger partial charge in [0, 0.05) is 18.0 Å². The van der Waals surface area contributed by atoms with Gasteiger partial charge in [-0.15, -0.1) is 0 Å². The Kier molecular flexibility index (Phi) is 8.23. The molecule has 7 nitrogen and oxygen atoms in total. The van der Waals surface area contributed by atoms with Gasteiger partial charge in [-0.2, -0.15) is 5.26 Å². The maximum Gasteiger partial charge on any atom is 0.338 e. The Balaban J connectivity index is 2.11. The third-order valence-corrected chi connectivity index (χ3v) is 6.25. The minimum absolute atomic E-state index is 0.0482. The summed E-state index contributed by atoms with van der Waals surface area (Å²) in [5.74, 6) is -0.539. The van der Waals surface area contributed by atoms with Gasteiger partial charge in [0.25, 0.3) is 6.43 Å². The molecule has 0 unspecified atom stereocenters. The monoisotopic (exact) mass is 486 g/mol. The maximum absolute atomic E-state index is 13.3. The molecule has 2 heterocycles. The largest absolute Gasteiger partial charge is 0.463 e. The summed E-state index contributed by atoms with van der Waals surface area (Å²) in [5, 5.41) is 12.5. The number of amides is 2. The van der Waals surface area contributed by atoms with Gasteiger partial charge in [-0.1, -0.05) is 42.1 Å². The highest BCUT2D eigenvalue weighted by Gasteiger charge is 2.37. The Hall–Kier alpha value is -3.45. The standard InChI is InChI=1S/C24H24F2N4O3S/c1-4-30-18(13-34-22-16(12-27)14(3)11-17(28-22)21(25)26)19(23(31)33-5-2)20(29-24(30)32)15-9-7-6-8-10-15/h6-11,20-21H,4-5,13H2,1-3H3,(H,29,32)/t20-/m0/s1.